The quantitative estimate of drug-likeness (QED) is 0.496. The summed E-state index contributed by atoms with van der Waals surface area (Å²) in [6.07, 6.45) is 1.49. The van der Waals surface area contributed by atoms with E-state index in [0.717, 1.165) is 16.9 Å². The Kier molecular flexibility index (Phi) is 7.98. The number of ether oxygens (including phenoxy) is 1. The molecule has 0 spiro atoms. The number of halogens is 1. The largest absolute Gasteiger partial charge is 0.466 e. The smallest absolute Gasteiger partial charge is 0.305 e. The number of hydrogen-bond acceptors (Lipinski definition) is 6. The van der Waals surface area contributed by atoms with Crippen LogP contribution >= 0.6 is 11.6 Å². The number of anilines is 2. The molecule has 4 rings (SSSR count). The Labute approximate surface area is 211 Å². The maximum Gasteiger partial charge on any atom is 0.305 e. The number of carbonyl (C=O) groups is 2. The molecule has 2 aliphatic heterocycles. The van der Waals surface area contributed by atoms with Crippen LogP contribution in [0.5, 0.6) is 0 Å². The zero-order valence-corrected chi connectivity index (χ0v) is 21.4. The van der Waals surface area contributed by atoms with Gasteiger partial charge in [-0.25, -0.2) is 8.42 Å². The number of esters is 1. The Morgan fingerprint density at radius 2 is 1.77 bits per heavy atom. The lowest BCUT2D eigenvalue weighted by Gasteiger charge is -2.35. The summed E-state index contributed by atoms with van der Waals surface area (Å²) in [4.78, 5) is 28.2. The lowest BCUT2D eigenvalue weighted by molar-refractivity contribution is -0.143. The molecular formula is C25H30ClN3O5S. The lowest BCUT2D eigenvalue weighted by Crippen LogP contribution is -2.48. The van der Waals surface area contributed by atoms with E-state index in [-0.39, 0.29) is 29.6 Å². The molecule has 0 bridgehead atoms. The standard InChI is InChI=1S/C25H30ClN3O5S/c1-2-34-25(31)8-4-7-24(30)29-12-11-19-17-22(9-10-23(19)29)35(32,33)28-15-13-27(14-16-28)21-6-3-5-20(26)18-21/h3,5-6,9-10,17-18H,2,4,7-8,11-16H2,1H3. The number of piperazine rings is 1. The zero-order valence-electron chi connectivity index (χ0n) is 19.8. The van der Waals surface area contributed by atoms with E-state index >= 15 is 0 Å². The molecule has 0 radical (unpaired) electrons. The van der Waals surface area contributed by atoms with Crippen molar-refractivity contribution in [1.29, 1.82) is 0 Å². The van der Waals surface area contributed by atoms with E-state index in [1.165, 1.54) is 4.31 Å². The topological polar surface area (TPSA) is 87.2 Å². The first-order chi connectivity index (χ1) is 16.8. The van der Waals surface area contributed by atoms with Crippen LogP contribution in [-0.2, 0) is 30.8 Å². The van der Waals surface area contributed by atoms with Crippen molar-refractivity contribution in [3.63, 3.8) is 0 Å². The predicted octanol–water partition coefficient (Wildman–Crippen LogP) is 3.47. The SMILES string of the molecule is CCOC(=O)CCCC(=O)N1CCc2cc(S(=O)(=O)N3CCN(c4cccc(Cl)c4)CC3)ccc21. The average Bonchev–Trinajstić information content (AvgIpc) is 3.28. The summed E-state index contributed by atoms with van der Waals surface area (Å²) in [5.74, 6) is -0.369. The van der Waals surface area contributed by atoms with E-state index in [4.69, 9.17) is 16.3 Å². The van der Waals surface area contributed by atoms with Gasteiger partial charge in [-0.05, 0) is 61.7 Å². The zero-order chi connectivity index (χ0) is 25.0. The van der Waals surface area contributed by atoms with Gasteiger partial charge in [-0.2, -0.15) is 4.31 Å². The highest BCUT2D eigenvalue weighted by atomic mass is 35.5. The molecule has 2 heterocycles. The van der Waals surface area contributed by atoms with E-state index in [0.29, 0.717) is 57.2 Å². The predicted molar refractivity (Wildman–Crippen MR) is 135 cm³/mol. The van der Waals surface area contributed by atoms with E-state index in [1.807, 2.05) is 24.3 Å². The molecule has 0 aliphatic carbocycles. The Morgan fingerprint density at radius 3 is 2.49 bits per heavy atom. The summed E-state index contributed by atoms with van der Waals surface area (Å²) in [6.45, 7) is 4.52. The molecule has 2 aliphatic rings. The molecule has 35 heavy (non-hydrogen) atoms. The molecule has 0 aromatic heterocycles. The number of rotatable bonds is 8. The number of sulfonamides is 1. The van der Waals surface area contributed by atoms with Crippen molar-refractivity contribution in [1.82, 2.24) is 4.31 Å². The van der Waals surface area contributed by atoms with Gasteiger partial charge < -0.3 is 14.5 Å². The van der Waals surface area contributed by atoms with E-state index in [2.05, 4.69) is 4.90 Å². The Morgan fingerprint density at radius 1 is 1.00 bits per heavy atom. The lowest BCUT2D eigenvalue weighted by atomic mass is 10.1. The monoisotopic (exact) mass is 519 g/mol. The van der Waals surface area contributed by atoms with Gasteiger partial charge in [-0.15, -0.1) is 0 Å². The number of fused-ring (bicyclic) bond motifs is 1. The van der Waals surface area contributed by atoms with Crippen LogP contribution in [0.2, 0.25) is 5.02 Å². The molecule has 8 nitrogen and oxygen atoms in total. The molecule has 0 unspecified atom stereocenters. The number of carbonyl (C=O) groups excluding carboxylic acids is 2. The van der Waals surface area contributed by atoms with Crippen LogP contribution < -0.4 is 9.80 Å². The first-order valence-corrected chi connectivity index (χ1v) is 13.7. The molecule has 1 amide bonds. The van der Waals surface area contributed by atoms with Crippen LogP contribution in [-0.4, -0.2) is 63.9 Å². The molecule has 2 aromatic carbocycles. The van der Waals surface area contributed by atoms with Crippen LogP contribution in [0.25, 0.3) is 0 Å². The Bertz CT molecular complexity index is 1200. The first-order valence-electron chi connectivity index (χ1n) is 11.9. The van der Waals surface area contributed by atoms with Crippen molar-refractivity contribution in [2.45, 2.75) is 37.5 Å². The van der Waals surface area contributed by atoms with Gasteiger partial charge in [0.05, 0.1) is 11.5 Å². The number of hydrogen-bond donors (Lipinski definition) is 0. The third kappa shape index (κ3) is 5.79. The van der Waals surface area contributed by atoms with Crippen LogP contribution in [0.4, 0.5) is 11.4 Å². The Balaban J connectivity index is 1.38. The van der Waals surface area contributed by atoms with Crippen molar-refractivity contribution in [2.75, 3.05) is 49.1 Å². The van der Waals surface area contributed by atoms with E-state index < -0.39 is 10.0 Å². The summed E-state index contributed by atoms with van der Waals surface area (Å²) in [6, 6.07) is 12.6. The van der Waals surface area contributed by atoms with Crippen molar-refractivity contribution < 1.29 is 22.7 Å². The van der Waals surface area contributed by atoms with Gasteiger partial charge >= 0.3 is 5.97 Å². The van der Waals surface area contributed by atoms with Gasteiger partial charge in [0.15, 0.2) is 0 Å². The normalized spacial score (nSPS) is 16.3. The number of amides is 1. The van der Waals surface area contributed by atoms with Crippen LogP contribution in [0, 0.1) is 0 Å². The van der Waals surface area contributed by atoms with Crippen LogP contribution in [0.3, 0.4) is 0 Å². The number of benzene rings is 2. The molecule has 1 fully saturated rings. The molecular weight excluding hydrogens is 490 g/mol. The third-order valence-electron chi connectivity index (χ3n) is 6.37. The van der Waals surface area contributed by atoms with Crippen LogP contribution in [0.1, 0.15) is 31.7 Å². The highest BCUT2D eigenvalue weighted by Crippen LogP contribution is 2.32. The van der Waals surface area contributed by atoms with E-state index in [9.17, 15) is 18.0 Å². The van der Waals surface area contributed by atoms with Crippen molar-refractivity contribution in [3.05, 3.63) is 53.1 Å². The second kappa shape index (κ2) is 11.0. The minimum absolute atomic E-state index is 0.0687. The van der Waals surface area contributed by atoms with E-state index in [1.54, 1.807) is 30.0 Å². The first kappa shape index (κ1) is 25.5. The highest BCUT2D eigenvalue weighted by molar-refractivity contribution is 7.89. The molecule has 0 saturated carbocycles. The van der Waals surface area contributed by atoms with Gasteiger partial charge in [-0.3, -0.25) is 9.59 Å². The second-order valence-electron chi connectivity index (χ2n) is 8.62. The minimum atomic E-state index is -3.64. The molecule has 0 N–H and O–H groups in total. The summed E-state index contributed by atoms with van der Waals surface area (Å²) in [5, 5.41) is 0.655. The summed E-state index contributed by atoms with van der Waals surface area (Å²) < 4.78 is 33.1. The summed E-state index contributed by atoms with van der Waals surface area (Å²) in [5.41, 5.74) is 2.58. The fourth-order valence-electron chi connectivity index (χ4n) is 4.56. The third-order valence-corrected chi connectivity index (χ3v) is 8.50. The van der Waals surface area contributed by atoms with Crippen molar-refractivity contribution >= 4 is 44.9 Å². The summed E-state index contributed by atoms with van der Waals surface area (Å²) in [7, 11) is -3.64. The molecule has 188 valence electrons. The molecule has 1 saturated heterocycles. The van der Waals surface area contributed by atoms with Gasteiger partial charge in [0.2, 0.25) is 15.9 Å². The molecule has 10 heteroatoms. The number of nitrogens with zero attached hydrogens (tertiary/aromatic N) is 3. The minimum Gasteiger partial charge on any atom is -0.466 e. The van der Waals surface area contributed by atoms with Gasteiger partial charge in [0.1, 0.15) is 0 Å². The van der Waals surface area contributed by atoms with Gasteiger partial charge in [0.25, 0.3) is 0 Å². The molecule has 2 aromatic rings. The van der Waals surface area contributed by atoms with Crippen molar-refractivity contribution in [3.8, 4) is 0 Å². The maximum atomic E-state index is 13.3. The van der Waals surface area contributed by atoms with Gasteiger partial charge in [-0.1, -0.05) is 17.7 Å². The molecule has 0 atom stereocenters. The highest BCUT2D eigenvalue weighted by Gasteiger charge is 2.31. The fourth-order valence-corrected chi connectivity index (χ4v) is 6.22. The Hall–Kier alpha value is -2.62. The average molecular weight is 520 g/mol. The van der Waals surface area contributed by atoms with Crippen molar-refractivity contribution in [2.24, 2.45) is 0 Å². The summed E-state index contributed by atoms with van der Waals surface area (Å²) >= 11 is 6.09. The van der Waals surface area contributed by atoms with Crippen LogP contribution in [0.15, 0.2) is 47.4 Å². The fraction of sp³-hybridized carbons (Fsp3) is 0.440. The maximum absolute atomic E-state index is 13.3. The second-order valence-corrected chi connectivity index (χ2v) is 11.0. The van der Waals surface area contributed by atoms with Gasteiger partial charge in [0, 0.05) is 62.0 Å².